The highest BCUT2D eigenvalue weighted by Crippen LogP contribution is 2.40. The lowest BCUT2D eigenvalue weighted by molar-refractivity contribution is -0.138. The van der Waals surface area contributed by atoms with Crippen LogP contribution in [0, 0.1) is 25.6 Å². The van der Waals surface area contributed by atoms with E-state index in [1.165, 1.54) is 25.3 Å². The first kappa shape index (κ1) is 28.3. The van der Waals surface area contributed by atoms with Crippen molar-refractivity contribution in [2.75, 3.05) is 5.32 Å². The number of hydrogen-bond donors (Lipinski definition) is 2. The minimum Gasteiger partial charge on any atom is -0.481 e. The van der Waals surface area contributed by atoms with Crippen molar-refractivity contribution < 1.29 is 32.3 Å². The number of alkyl halides is 3. The van der Waals surface area contributed by atoms with Crippen molar-refractivity contribution in [3.8, 4) is 11.1 Å². The van der Waals surface area contributed by atoms with Gasteiger partial charge in [-0.05, 0) is 73.9 Å². The fourth-order valence-corrected chi connectivity index (χ4v) is 5.40. The van der Waals surface area contributed by atoms with Gasteiger partial charge in [-0.3, -0.25) is 14.6 Å². The molecule has 206 valence electrons. The minimum atomic E-state index is -4.61. The summed E-state index contributed by atoms with van der Waals surface area (Å²) in [5, 5.41) is 12.0. The fraction of sp³-hybridized carbons (Fsp3) is 0.367. The van der Waals surface area contributed by atoms with E-state index < -0.39 is 29.4 Å². The zero-order valence-corrected chi connectivity index (χ0v) is 21.7. The largest absolute Gasteiger partial charge is 0.481 e. The third kappa shape index (κ3) is 6.46. The highest BCUT2D eigenvalue weighted by molar-refractivity contribution is 5.97. The number of aliphatic carboxylic acids is 1. The van der Waals surface area contributed by atoms with Gasteiger partial charge in [0, 0.05) is 35.1 Å². The van der Waals surface area contributed by atoms with E-state index in [-0.39, 0.29) is 35.1 Å². The summed E-state index contributed by atoms with van der Waals surface area (Å²) < 4.78 is 55.5. The molecule has 1 fully saturated rings. The van der Waals surface area contributed by atoms with Crippen molar-refractivity contribution in [2.24, 2.45) is 5.92 Å². The zero-order chi connectivity index (χ0) is 28.3. The van der Waals surface area contributed by atoms with Crippen LogP contribution < -0.4 is 5.32 Å². The fourth-order valence-electron chi connectivity index (χ4n) is 5.40. The van der Waals surface area contributed by atoms with Crippen molar-refractivity contribution in [3.63, 3.8) is 0 Å². The van der Waals surface area contributed by atoms with Gasteiger partial charge in [-0.15, -0.1) is 0 Å². The van der Waals surface area contributed by atoms with Crippen LogP contribution in [0.2, 0.25) is 0 Å². The number of carbonyl (C=O) groups is 2. The number of pyridine rings is 1. The SMILES string of the molecule is Cc1ncc(-c2ccc(C(C(=O)Nc3cccc(CCC(=O)O)c3C)C3CCCC3)cc2F)cc1C(F)(F)F. The topological polar surface area (TPSA) is 79.3 Å². The summed E-state index contributed by atoms with van der Waals surface area (Å²) in [6.07, 6.45) is 0.402. The summed E-state index contributed by atoms with van der Waals surface area (Å²) >= 11 is 0. The summed E-state index contributed by atoms with van der Waals surface area (Å²) in [6, 6.07) is 10.5. The predicted molar refractivity (Wildman–Crippen MR) is 140 cm³/mol. The van der Waals surface area contributed by atoms with E-state index in [0.717, 1.165) is 42.9 Å². The van der Waals surface area contributed by atoms with Crippen LogP contribution in [0.5, 0.6) is 0 Å². The van der Waals surface area contributed by atoms with Crippen LogP contribution >= 0.6 is 0 Å². The molecule has 1 heterocycles. The first-order chi connectivity index (χ1) is 18.5. The smallest absolute Gasteiger partial charge is 0.418 e. The molecule has 1 aliphatic carbocycles. The molecule has 0 radical (unpaired) electrons. The van der Waals surface area contributed by atoms with Gasteiger partial charge in [0.05, 0.1) is 11.5 Å². The summed E-state index contributed by atoms with van der Waals surface area (Å²) in [5.41, 5.74) is 1.47. The second-order valence-corrected chi connectivity index (χ2v) is 10.1. The molecule has 1 amide bonds. The third-order valence-electron chi connectivity index (χ3n) is 7.52. The summed E-state index contributed by atoms with van der Waals surface area (Å²) in [5.74, 6) is -2.60. The molecule has 4 rings (SSSR count). The number of benzene rings is 2. The number of nitrogens with one attached hydrogen (secondary N) is 1. The average Bonchev–Trinajstić information content (AvgIpc) is 3.39. The Bertz CT molecular complexity index is 1380. The van der Waals surface area contributed by atoms with E-state index in [4.69, 9.17) is 5.11 Å². The van der Waals surface area contributed by atoms with Gasteiger partial charge in [0.25, 0.3) is 0 Å². The van der Waals surface area contributed by atoms with Gasteiger partial charge in [0.2, 0.25) is 5.91 Å². The first-order valence-corrected chi connectivity index (χ1v) is 12.9. The predicted octanol–water partition coefficient (Wildman–Crippen LogP) is 7.45. The van der Waals surface area contributed by atoms with Crippen molar-refractivity contribution >= 4 is 17.6 Å². The van der Waals surface area contributed by atoms with Crippen molar-refractivity contribution in [1.29, 1.82) is 0 Å². The lowest BCUT2D eigenvalue weighted by Crippen LogP contribution is -2.27. The van der Waals surface area contributed by atoms with E-state index in [0.29, 0.717) is 17.7 Å². The number of aromatic nitrogens is 1. The molecule has 5 nitrogen and oxygen atoms in total. The average molecular weight is 543 g/mol. The van der Waals surface area contributed by atoms with Gasteiger partial charge in [-0.25, -0.2) is 4.39 Å². The Balaban J connectivity index is 1.64. The van der Waals surface area contributed by atoms with Crippen LogP contribution in [0.4, 0.5) is 23.2 Å². The molecule has 1 unspecified atom stereocenters. The third-order valence-corrected chi connectivity index (χ3v) is 7.52. The highest BCUT2D eigenvalue weighted by atomic mass is 19.4. The number of hydrogen-bond acceptors (Lipinski definition) is 3. The van der Waals surface area contributed by atoms with Crippen molar-refractivity contribution in [1.82, 2.24) is 4.98 Å². The Morgan fingerprint density at radius 3 is 2.46 bits per heavy atom. The molecule has 0 saturated heterocycles. The van der Waals surface area contributed by atoms with Crippen LogP contribution in [-0.2, 0) is 22.2 Å². The second kappa shape index (κ2) is 11.6. The van der Waals surface area contributed by atoms with Gasteiger partial charge in [0.1, 0.15) is 5.82 Å². The molecule has 39 heavy (non-hydrogen) atoms. The van der Waals surface area contributed by atoms with Crippen LogP contribution in [-0.4, -0.2) is 22.0 Å². The number of nitrogens with zero attached hydrogens (tertiary/aromatic N) is 1. The summed E-state index contributed by atoms with van der Waals surface area (Å²) in [7, 11) is 0. The number of carbonyl (C=O) groups excluding carboxylic acids is 1. The minimum absolute atomic E-state index is 0.00708. The van der Waals surface area contributed by atoms with Gasteiger partial charge in [-0.2, -0.15) is 13.2 Å². The Labute approximate surface area is 224 Å². The van der Waals surface area contributed by atoms with E-state index in [1.54, 1.807) is 18.2 Å². The zero-order valence-electron chi connectivity index (χ0n) is 21.7. The van der Waals surface area contributed by atoms with Gasteiger partial charge >= 0.3 is 12.1 Å². The molecular weight excluding hydrogens is 512 g/mol. The maximum Gasteiger partial charge on any atom is 0.418 e. The molecule has 0 aliphatic heterocycles. The normalized spacial score (nSPS) is 14.8. The molecule has 1 atom stereocenters. The van der Waals surface area contributed by atoms with Gasteiger partial charge < -0.3 is 10.4 Å². The number of carboxylic acids is 1. The number of carboxylic acid groups (broad SMARTS) is 1. The Morgan fingerprint density at radius 1 is 1.10 bits per heavy atom. The number of anilines is 1. The standard InChI is InChI=1S/C30H30F4N2O3/c1-17-19(11-13-27(37)38)8-5-9-26(17)36-29(39)28(20-6-3-4-7-20)21-10-12-23(25(31)15-21)22-14-24(30(32,33)34)18(2)35-16-22/h5,8-10,12,14-16,20,28H,3-4,6-7,11,13H2,1-2H3,(H,36,39)(H,37,38). The Kier molecular flexibility index (Phi) is 8.37. The van der Waals surface area contributed by atoms with Crippen LogP contribution in [0.25, 0.3) is 11.1 Å². The lowest BCUT2D eigenvalue weighted by Gasteiger charge is -2.24. The molecule has 0 bridgehead atoms. The molecule has 3 aromatic rings. The number of aryl methyl sites for hydroxylation is 2. The van der Waals surface area contributed by atoms with Gasteiger partial charge in [-0.1, -0.05) is 37.1 Å². The Hall–Kier alpha value is -3.75. The molecule has 2 N–H and O–H groups in total. The first-order valence-electron chi connectivity index (χ1n) is 12.9. The van der Waals surface area contributed by atoms with E-state index in [2.05, 4.69) is 10.3 Å². The molecule has 2 aromatic carbocycles. The molecule has 1 aliphatic rings. The molecule has 9 heteroatoms. The van der Waals surface area contributed by atoms with E-state index in [1.807, 2.05) is 13.0 Å². The van der Waals surface area contributed by atoms with E-state index in [9.17, 15) is 22.8 Å². The van der Waals surface area contributed by atoms with Gasteiger partial charge in [0.15, 0.2) is 0 Å². The molecule has 1 aromatic heterocycles. The maximum atomic E-state index is 15.4. The Morgan fingerprint density at radius 2 is 1.82 bits per heavy atom. The number of rotatable bonds is 8. The maximum absolute atomic E-state index is 15.4. The summed E-state index contributed by atoms with van der Waals surface area (Å²) in [6.45, 7) is 3.07. The monoisotopic (exact) mass is 542 g/mol. The van der Waals surface area contributed by atoms with Crippen LogP contribution in [0.1, 0.15) is 66.0 Å². The molecule has 1 saturated carbocycles. The van der Waals surface area contributed by atoms with Crippen molar-refractivity contribution in [2.45, 2.75) is 64.5 Å². The lowest BCUT2D eigenvalue weighted by atomic mass is 9.83. The molecular formula is C30H30F4N2O3. The second-order valence-electron chi connectivity index (χ2n) is 10.1. The molecule has 0 spiro atoms. The number of halogens is 4. The summed E-state index contributed by atoms with van der Waals surface area (Å²) in [4.78, 5) is 28.4. The van der Waals surface area contributed by atoms with Crippen LogP contribution in [0.15, 0.2) is 48.7 Å². The van der Waals surface area contributed by atoms with E-state index >= 15 is 4.39 Å². The number of amides is 1. The van der Waals surface area contributed by atoms with Crippen molar-refractivity contribution in [3.05, 3.63) is 82.4 Å². The highest BCUT2D eigenvalue weighted by Gasteiger charge is 2.35. The quantitative estimate of drug-likeness (QED) is 0.290. The van der Waals surface area contributed by atoms with Crippen LogP contribution in [0.3, 0.4) is 0 Å².